The van der Waals surface area contributed by atoms with Gasteiger partial charge in [-0.05, 0) is 43.3 Å². The van der Waals surface area contributed by atoms with Crippen molar-refractivity contribution in [1.82, 2.24) is 9.78 Å². The Morgan fingerprint density at radius 3 is 2.69 bits per heavy atom. The number of aryl methyl sites for hydroxylation is 2. The van der Waals surface area contributed by atoms with E-state index in [1.54, 1.807) is 44.1 Å². The van der Waals surface area contributed by atoms with Gasteiger partial charge in [0, 0.05) is 13.2 Å². The minimum absolute atomic E-state index is 0.112. The highest BCUT2D eigenvalue weighted by atomic mass is 16.5. The second-order valence-electron chi connectivity index (χ2n) is 5.74. The molecule has 1 aromatic carbocycles. The maximum atomic E-state index is 12.2. The highest BCUT2D eigenvalue weighted by Crippen LogP contribution is 2.26. The number of hydrogen-bond acceptors (Lipinski definition) is 5. The van der Waals surface area contributed by atoms with Gasteiger partial charge in [0.1, 0.15) is 18.1 Å². The van der Waals surface area contributed by atoms with Gasteiger partial charge in [-0.1, -0.05) is 12.1 Å². The van der Waals surface area contributed by atoms with Crippen molar-refractivity contribution in [2.24, 2.45) is 7.05 Å². The number of furan rings is 1. The van der Waals surface area contributed by atoms with E-state index in [4.69, 9.17) is 13.9 Å². The van der Waals surface area contributed by atoms with E-state index < -0.39 is 0 Å². The van der Waals surface area contributed by atoms with Crippen LogP contribution in [0.3, 0.4) is 0 Å². The van der Waals surface area contributed by atoms with Gasteiger partial charge >= 0.3 is 0 Å². The monoisotopic (exact) mass is 352 g/mol. The summed E-state index contributed by atoms with van der Waals surface area (Å²) in [5.41, 5.74) is 1.28. The average Bonchev–Trinajstić information content (AvgIpc) is 3.23. The van der Waals surface area contributed by atoms with Crippen LogP contribution < -0.4 is 9.47 Å². The van der Waals surface area contributed by atoms with Gasteiger partial charge in [-0.15, -0.1) is 0 Å². The molecule has 3 aromatic rings. The molecule has 0 radical (unpaired) electrons. The molecule has 0 spiro atoms. The molecule has 0 N–H and O–H groups in total. The minimum atomic E-state index is -0.112. The largest absolute Gasteiger partial charge is 0.493 e. The van der Waals surface area contributed by atoms with Gasteiger partial charge in [-0.25, -0.2) is 0 Å². The first-order valence-corrected chi connectivity index (χ1v) is 8.14. The van der Waals surface area contributed by atoms with Crippen LogP contribution in [0.15, 0.2) is 53.1 Å². The number of benzene rings is 1. The first kappa shape index (κ1) is 17.5. The number of methoxy groups -OCH3 is 1. The molecule has 0 atom stereocenters. The summed E-state index contributed by atoms with van der Waals surface area (Å²) in [7, 11) is 3.38. The molecule has 0 bridgehead atoms. The summed E-state index contributed by atoms with van der Waals surface area (Å²) in [6.45, 7) is 2.07. The van der Waals surface area contributed by atoms with Crippen molar-refractivity contribution in [1.29, 1.82) is 0 Å². The molecule has 2 heterocycles. The van der Waals surface area contributed by atoms with Crippen molar-refractivity contribution in [2.45, 2.75) is 13.5 Å². The summed E-state index contributed by atoms with van der Waals surface area (Å²) in [5, 5.41) is 4.17. The fourth-order valence-corrected chi connectivity index (χ4v) is 2.54. The molecule has 26 heavy (non-hydrogen) atoms. The average molecular weight is 352 g/mol. The zero-order valence-electron chi connectivity index (χ0n) is 14.9. The molecule has 0 unspecified atom stereocenters. The van der Waals surface area contributed by atoms with E-state index in [0.717, 1.165) is 0 Å². The number of rotatable bonds is 7. The first-order chi connectivity index (χ1) is 12.6. The van der Waals surface area contributed by atoms with Gasteiger partial charge in [0.25, 0.3) is 0 Å². The number of nitrogens with zero attached hydrogens (tertiary/aromatic N) is 2. The number of para-hydroxylation sites is 2. The topological polar surface area (TPSA) is 66.5 Å². The maximum Gasteiger partial charge on any atom is 0.189 e. The standard InChI is InChI=1S/C20H20N2O4/c1-14-17(12-22(2)21-14)18(23)11-10-15-8-9-16(26-15)13-25-20-7-5-4-6-19(20)24-3/h4-12H,13H2,1-3H3/b11-10+. The summed E-state index contributed by atoms with van der Waals surface area (Å²) >= 11 is 0. The van der Waals surface area contributed by atoms with Crippen LogP contribution in [0, 0.1) is 6.92 Å². The third kappa shape index (κ3) is 4.03. The number of carbonyl (C=O) groups excluding carboxylic acids is 1. The summed E-state index contributed by atoms with van der Waals surface area (Å²) in [6, 6.07) is 11.0. The predicted octanol–water partition coefficient (Wildman–Crippen LogP) is 3.81. The Morgan fingerprint density at radius 2 is 2.00 bits per heavy atom. The normalized spacial score (nSPS) is 11.0. The molecule has 134 valence electrons. The summed E-state index contributed by atoms with van der Waals surface area (Å²) in [5.74, 6) is 2.43. The van der Waals surface area contributed by atoms with E-state index in [1.165, 1.54) is 6.08 Å². The van der Waals surface area contributed by atoms with Crippen molar-refractivity contribution in [2.75, 3.05) is 7.11 Å². The van der Waals surface area contributed by atoms with Crippen LogP contribution in [0.25, 0.3) is 6.08 Å². The van der Waals surface area contributed by atoms with E-state index >= 15 is 0 Å². The Balaban J connectivity index is 1.62. The smallest absolute Gasteiger partial charge is 0.189 e. The van der Waals surface area contributed by atoms with Crippen LogP contribution in [0.5, 0.6) is 11.5 Å². The zero-order valence-corrected chi connectivity index (χ0v) is 14.9. The van der Waals surface area contributed by atoms with E-state index in [0.29, 0.717) is 34.3 Å². The summed E-state index contributed by atoms with van der Waals surface area (Å²) in [6.07, 6.45) is 4.83. The fraction of sp³-hybridized carbons (Fsp3) is 0.200. The van der Waals surface area contributed by atoms with Crippen molar-refractivity contribution in [3.63, 3.8) is 0 Å². The van der Waals surface area contributed by atoms with Crippen LogP contribution in [-0.4, -0.2) is 22.7 Å². The first-order valence-electron chi connectivity index (χ1n) is 8.14. The van der Waals surface area contributed by atoms with Gasteiger partial charge in [-0.3, -0.25) is 9.48 Å². The molecule has 3 rings (SSSR count). The molecule has 0 fully saturated rings. The fourth-order valence-electron chi connectivity index (χ4n) is 2.54. The lowest BCUT2D eigenvalue weighted by Crippen LogP contribution is -1.96. The molecule has 6 nitrogen and oxygen atoms in total. The second-order valence-corrected chi connectivity index (χ2v) is 5.74. The number of allylic oxidation sites excluding steroid dienone is 1. The van der Waals surface area contributed by atoms with Crippen LogP contribution in [0.2, 0.25) is 0 Å². The van der Waals surface area contributed by atoms with Gasteiger partial charge in [-0.2, -0.15) is 5.10 Å². The molecular weight excluding hydrogens is 332 g/mol. The molecule has 0 aliphatic rings. The highest BCUT2D eigenvalue weighted by Gasteiger charge is 2.10. The zero-order chi connectivity index (χ0) is 18.5. The van der Waals surface area contributed by atoms with Crippen molar-refractivity contribution in [3.05, 3.63) is 71.4 Å². The van der Waals surface area contributed by atoms with Crippen LogP contribution in [0.1, 0.15) is 27.6 Å². The van der Waals surface area contributed by atoms with Crippen LogP contribution in [0.4, 0.5) is 0 Å². The predicted molar refractivity (Wildman–Crippen MR) is 97.3 cm³/mol. The number of hydrogen-bond donors (Lipinski definition) is 0. The van der Waals surface area contributed by atoms with Crippen LogP contribution in [-0.2, 0) is 13.7 Å². The Kier molecular flexibility index (Phi) is 5.22. The SMILES string of the molecule is COc1ccccc1OCc1ccc(/C=C/C(=O)c2cn(C)nc2C)o1. The minimum Gasteiger partial charge on any atom is -0.493 e. The van der Waals surface area contributed by atoms with Crippen molar-refractivity contribution in [3.8, 4) is 11.5 Å². The maximum absolute atomic E-state index is 12.2. The van der Waals surface area contributed by atoms with Gasteiger partial charge in [0.2, 0.25) is 0 Å². The van der Waals surface area contributed by atoms with Gasteiger partial charge < -0.3 is 13.9 Å². The number of carbonyl (C=O) groups is 1. The molecule has 6 heteroatoms. The molecule has 0 saturated carbocycles. The summed E-state index contributed by atoms with van der Waals surface area (Å²) in [4.78, 5) is 12.2. The van der Waals surface area contributed by atoms with E-state index in [-0.39, 0.29) is 12.4 Å². The summed E-state index contributed by atoms with van der Waals surface area (Å²) < 4.78 is 18.3. The molecule has 0 aliphatic heterocycles. The van der Waals surface area contributed by atoms with Crippen molar-refractivity contribution >= 4 is 11.9 Å². The third-order valence-electron chi connectivity index (χ3n) is 3.80. The van der Waals surface area contributed by atoms with E-state index in [9.17, 15) is 4.79 Å². The third-order valence-corrected chi connectivity index (χ3v) is 3.80. The lowest BCUT2D eigenvalue weighted by molar-refractivity contribution is 0.104. The highest BCUT2D eigenvalue weighted by molar-refractivity contribution is 6.07. The molecule has 0 aliphatic carbocycles. The number of ketones is 1. The quantitative estimate of drug-likeness (QED) is 0.478. The number of aromatic nitrogens is 2. The Hall–Kier alpha value is -3.28. The lowest BCUT2D eigenvalue weighted by atomic mass is 10.1. The van der Waals surface area contributed by atoms with Crippen molar-refractivity contribution < 1.29 is 18.7 Å². The van der Waals surface area contributed by atoms with E-state index in [2.05, 4.69) is 5.10 Å². The molecule has 0 amide bonds. The van der Waals surface area contributed by atoms with E-state index in [1.807, 2.05) is 30.3 Å². The van der Waals surface area contributed by atoms with Crippen LogP contribution >= 0.6 is 0 Å². The van der Waals surface area contributed by atoms with Gasteiger partial charge in [0.05, 0.1) is 18.4 Å². The Labute approximate surface area is 151 Å². The lowest BCUT2D eigenvalue weighted by Gasteiger charge is -2.08. The number of ether oxygens (including phenoxy) is 2. The molecule has 2 aromatic heterocycles. The molecule has 0 saturated heterocycles. The molecular formula is C20H20N2O4. The Bertz CT molecular complexity index is 937. The Morgan fingerprint density at radius 1 is 1.23 bits per heavy atom. The van der Waals surface area contributed by atoms with Gasteiger partial charge in [0.15, 0.2) is 17.3 Å². The second kappa shape index (κ2) is 7.74.